The summed E-state index contributed by atoms with van der Waals surface area (Å²) < 4.78 is 4.61. The van der Waals surface area contributed by atoms with Crippen molar-refractivity contribution in [3.05, 3.63) is 0 Å². The van der Waals surface area contributed by atoms with Gasteiger partial charge in [-0.3, -0.25) is 9.59 Å². The molecule has 6 heteroatoms. The number of ketones is 1. The highest BCUT2D eigenvalue weighted by atomic mass is 16.5. The van der Waals surface area contributed by atoms with Crippen molar-refractivity contribution in [2.45, 2.75) is 38.5 Å². The summed E-state index contributed by atoms with van der Waals surface area (Å²) in [5.41, 5.74) is -1.34. The molecule has 0 saturated carbocycles. The van der Waals surface area contributed by atoms with E-state index >= 15 is 0 Å². The van der Waals surface area contributed by atoms with Gasteiger partial charge in [-0.1, -0.05) is 6.42 Å². The number of esters is 1. The average molecular weight is 276 g/mol. The van der Waals surface area contributed by atoms with Crippen LogP contribution in [-0.2, 0) is 14.3 Å². The van der Waals surface area contributed by atoms with E-state index in [2.05, 4.69) is 4.74 Å². The van der Waals surface area contributed by atoms with Crippen molar-refractivity contribution in [2.24, 2.45) is 5.41 Å². The van der Waals surface area contributed by atoms with E-state index in [-0.39, 0.29) is 31.8 Å². The van der Waals surface area contributed by atoms with Gasteiger partial charge in [-0.15, -0.1) is 0 Å². The molecule has 0 spiro atoms. The van der Waals surface area contributed by atoms with Crippen LogP contribution >= 0.6 is 0 Å². The second kappa shape index (κ2) is 9.89. The van der Waals surface area contributed by atoms with Crippen molar-refractivity contribution in [3.63, 3.8) is 0 Å². The topological polar surface area (TPSA) is 104 Å². The lowest BCUT2D eigenvalue weighted by molar-refractivity contribution is -0.159. The van der Waals surface area contributed by atoms with E-state index in [1.165, 1.54) is 7.11 Å². The number of rotatable bonds is 11. The predicted molar refractivity (Wildman–Crippen MR) is 68.4 cm³/mol. The monoisotopic (exact) mass is 276 g/mol. The van der Waals surface area contributed by atoms with E-state index < -0.39 is 18.0 Å². The Hall–Kier alpha value is -0.980. The maximum Gasteiger partial charge on any atom is 0.314 e. The number of carbonyl (C=O) groups is 2. The van der Waals surface area contributed by atoms with Crippen LogP contribution < -0.4 is 0 Å². The number of methoxy groups -OCH3 is 1. The van der Waals surface area contributed by atoms with Crippen LogP contribution in [0.15, 0.2) is 0 Å². The van der Waals surface area contributed by atoms with E-state index in [0.717, 1.165) is 6.42 Å². The molecule has 0 aromatic carbocycles. The van der Waals surface area contributed by atoms with Gasteiger partial charge in [0.2, 0.25) is 0 Å². The van der Waals surface area contributed by atoms with Crippen molar-refractivity contribution in [3.8, 4) is 0 Å². The molecule has 0 radical (unpaired) electrons. The molecule has 0 aliphatic rings. The summed E-state index contributed by atoms with van der Waals surface area (Å²) in [5, 5.41) is 27.0. The molecule has 0 fully saturated rings. The Morgan fingerprint density at radius 3 is 2.21 bits per heavy atom. The molecular formula is C13H24O6. The highest BCUT2D eigenvalue weighted by Crippen LogP contribution is 2.29. The Morgan fingerprint density at radius 1 is 1.05 bits per heavy atom. The van der Waals surface area contributed by atoms with Crippen molar-refractivity contribution >= 4 is 11.8 Å². The number of aliphatic hydroxyl groups is 3. The van der Waals surface area contributed by atoms with Crippen LogP contribution in [0.4, 0.5) is 0 Å². The molecule has 0 aliphatic carbocycles. The minimum atomic E-state index is -1.34. The summed E-state index contributed by atoms with van der Waals surface area (Å²) >= 11 is 0. The number of Topliss-reactive ketones (excluding diaryl/α,β-unsaturated/α-hetero) is 1. The van der Waals surface area contributed by atoms with Gasteiger partial charge in [0.25, 0.3) is 0 Å². The van der Waals surface area contributed by atoms with Gasteiger partial charge in [0.05, 0.1) is 19.1 Å². The molecule has 0 saturated heterocycles. The largest absolute Gasteiger partial charge is 0.469 e. The Balaban J connectivity index is 4.46. The molecule has 1 atom stereocenters. The third-order valence-electron chi connectivity index (χ3n) is 3.16. The van der Waals surface area contributed by atoms with Gasteiger partial charge in [-0.05, 0) is 19.3 Å². The first-order chi connectivity index (χ1) is 9.06. The lowest BCUT2D eigenvalue weighted by Crippen LogP contribution is -2.39. The molecule has 6 nitrogen and oxygen atoms in total. The summed E-state index contributed by atoms with van der Waals surface area (Å²) in [4.78, 5) is 23.5. The van der Waals surface area contributed by atoms with Crippen molar-refractivity contribution < 1.29 is 29.6 Å². The number of hydrogen-bond donors (Lipinski definition) is 3. The molecule has 1 unspecified atom stereocenters. The second-order valence-electron chi connectivity index (χ2n) is 4.65. The Bertz CT molecular complexity index is 278. The number of carbonyl (C=O) groups excluding carboxylic acids is 2. The number of unbranched alkanes of at least 4 members (excludes halogenated alkanes) is 2. The van der Waals surface area contributed by atoms with E-state index in [9.17, 15) is 14.7 Å². The summed E-state index contributed by atoms with van der Waals surface area (Å²) in [7, 11) is 1.19. The van der Waals surface area contributed by atoms with Crippen LogP contribution in [0.3, 0.4) is 0 Å². The maximum absolute atomic E-state index is 11.8. The number of ether oxygens (including phenoxy) is 1. The van der Waals surface area contributed by atoms with Gasteiger partial charge in [-0.25, -0.2) is 0 Å². The normalized spacial score (nSPS) is 13.9. The van der Waals surface area contributed by atoms with Gasteiger partial charge >= 0.3 is 5.97 Å². The molecule has 0 aliphatic heterocycles. The first kappa shape index (κ1) is 18.0. The van der Waals surface area contributed by atoms with Crippen molar-refractivity contribution in [1.29, 1.82) is 0 Å². The molecule has 0 rings (SSSR count). The molecule has 112 valence electrons. The minimum absolute atomic E-state index is 0.00144. The summed E-state index contributed by atoms with van der Waals surface area (Å²) in [6, 6.07) is 0. The Kier molecular flexibility index (Phi) is 9.38. The van der Waals surface area contributed by atoms with Crippen LogP contribution in [0.5, 0.6) is 0 Å². The Morgan fingerprint density at radius 2 is 1.74 bits per heavy atom. The minimum Gasteiger partial charge on any atom is -0.469 e. The number of aliphatic hydroxyl groups excluding tert-OH is 3. The standard InChI is InChI=1S/C13H24O6/c1-19-12(18)13(10-16,6-8-15)9-11(17)5-3-2-4-7-14/h14-16H,2-10H2,1H3. The fourth-order valence-electron chi connectivity index (χ4n) is 1.97. The Labute approximate surface area is 113 Å². The lowest BCUT2D eigenvalue weighted by atomic mass is 9.80. The summed E-state index contributed by atoms with van der Waals surface area (Å²) in [5.74, 6) is -0.821. The molecule has 0 aromatic rings. The van der Waals surface area contributed by atoms with Gasteiger partial charge < -0.3 is 20.1 Å². The zero-order valence-electron chi connectivity index (χ0n) is 11.4. The van der Waals surface area contributed by atoms with Crippen molar-refractivity contribution in [2.75, 3.05) is 26.9 Å². The molecule has 19 heavy (non-hydrogen) atoms. The fraction of sp³-hybridized carbons (Fsp3) is 0.846. The highest BCUT2D eigenvalue weighted by Gasteiger charge is 2.40. The van der Waals surface area contributed by atoms with E-state index in [4.69, 9.17) is 10.2 Å². The zero-order valence-corrected chi connectivity index (χ0v) is 11.4. The summed E-state index contributed by atoms with van der Waals surface area (Å²) in [6.45, 7) is -0.725. The first-order valence-corrected chi connectivity index (χ1v) is 6.49. The first-order valence-electron chi connectivity index (χ1n) is 6.49. The number of hydrogen-bond acceptors (Lipinski definition) is 6. The highest BCUT2D eigenvalue weighted by molar-refractivity contribution is 5.87. The van der Waals surface area contributed by atoms with Crippen LogP contribution in [0, 0.1) is 5.41 Å². The van der Waals surface area contributed by atoms with E-state index in [1.807, 2.05) is 0 Å². The van der Waals surface area contributed by atoms with Crippen LogP contribution in [0.1, 0.15) is 38.5 Å². The third-order valence-corrected chi connectivity index (χ3v) is 3.16. The summed E-state index contributed by atoms with van der Waals surface area (Å²) in [6.07, 6.45) is 2.19. The maximum atomic E-state index is 11.8. The van der Waals surface area contributed by atoms with Gasteiger partial charge in [0.1, 0.15) is 5.78 Å². The third kappa shape index (κ3) is 6.13. The van der Waals surface area contributed by atoms with Gasteiger partial charge in [0, 0.05) is 26.1 Å². The SMILES string of the molecule is COC(=O)C(CO)(CCO)CC(=O)CCCCCO. The molecule has 0 heterocycles. The quantitative estimate of drug-likeness (QED) is 0.363. The molecule has 0 bridgehead atoms. The molecular weight excluding hydrogens is 252 g/mol. The van der Waals surface area contributed by atoms with Crippen molar-refractivity contribution in [1.82, 2.24) is 0 Å². The molecule has 3 N–H and O–H groups in total. The average Bonchev–Trinajstić information content (AvgIpc) is 2.42. The predicted octanol–water partition coefficient (Wildman–Crippen LogP) is 0.0324. The lowest BCUT2D eigenvalue weighted by Gasteiger charge is -2.27. The van der Waals surface area contributed by atoms with Gasteiger partial charge in [0.15, 0.2) is 0 Å². The van der Waals surface area contributed by atoms with Crippen LogP contribution in [-0.4, -0.2) is 54.0 Å². The fourth-order valence-corrected chi connectivity index (χ4v) is 1.97. The molecule has 0 aromatic heterocycles. The zero-order chi connectivity index (χ0) is 14.7. The van der Waals surface area contributed by atoms with E-state index in [0.29, 0.717) is 19.3 Å². The smallest absolute Gasteiger partial charge is 0.314 e. The molecule has 0 amide bonds. The van der Waals surface area contributed by atoms with Gasteiger partial charge in [-0.2, -0.15) is 0 Å². The van der Waals surface area contributed by atoms with Crippen LogP contribution in [0.2, 0.25) is 0 Å². The van der Waals surface area contributed by atoms with E-state index in [1.54, 1.807) is 0 Å². The second-order valence-corrected chi connectivity index (χ2v) is 4.65. The van der Waals surface area contributed by atoms with Crippen LogP contribution in [0.25, 0.3) is 0 Å².